The van der Waals surface area contributed by atoms with Crippen LogP contribution in [0.2, 0.25) is 0 Å². The molecule has 0 aromatic heterocycles. The van der Waals surface area contributed by atoms with Crippen molar-refractivity contribution in [2.75, 3.05) is 7.11 Å². The van der Waals surface area contributed by atoms with Crippen LogP contribution in [-0.4, -0.2) is 13.4 Å². The number of methoxy groups -OCH3 is 1. The third kappa shape index (κ3) is 2.13. The Kier molecular flexibility index (Phi) is 3.69. The third-order valence-electron chi connectivity index (χ3n) is 2.43. The van der Waals surface area contributed by atoms with Gasteiger partial charge >= 0.3 is 0 Å². The first kappa shape index (κ1) is 10.8. The van der Waals surface area contributed by atoms with Gasteiger partial charge in [0.25, 0.3) is 0 Å². The van der Waals surface area contributed by atoms with E-state index in [-0.39, 0.29) is 5.92 Å². The average molecular weight is 192 g/mol. The van der Waals surface area contributed by atoms with E-state index >= 15 is 0 Å². The average Bonchev–Trinajstić information content (AvgIpc) is 2.27. The van der Waals surface area contributed by atoms with Crippen molar-refractivity contribution in [2.45, 2.75) is 26.2 Å². The molecule has 0 amide bonds. The van der Waals surface area contributed by atoms with Gasteiger partial charge in [-0.2, -0.15) is 0 Å². The van der Waals surface area contributed by atoms with Gasteiger partial charge in [0.2, 0.25) is 0 Å². The molecule has 0 saturated carbocycles. The molecule has 0 N–H and O–H groups in total. The third-order valence-corrected chi connectivity index (χ3v) is 2.43. The summed E-state index contributed by atoms with van der Waals surface area (Å²) in [5.74, 6) is 0.819. The largest absolute Gasteiger partial charge is 0.497 e. The minimum Gasteiger partial charge on any atom is -0.497 e. The van der Waals surface area contributed by atoms with E-state index in [9.17, 15) is 4.79 Å². The van der Waals surface area contributed by atoms with Crippen molar-refractivity contribution in [3.05, 3.63) is 29.3 Å². The monoisotopic (exact) mass is 192 g/mol. The Hall–Kier alpha value is -1.31. The highest BCUT2D eigenvalue weighted by molar-refractivity contribution is 5.63. The summed E-state index contributed by atoms with van der Waals surface area (Å²) in [5.41, 5.74) is 2.28. The lowest BCUT2D eigenvalue weighted by Gasteiger charge is -2.11. The number of carbonyl (C=O) groups excluding carboxylic acids is 1. The molecule has 1 unspecified atom stereocenters. The SMILES string of the molecule is CCc1cc(OC)ccc1C(C)C=O. The first-order chi connectivity index (χ1) is 6.72. The van der Waals surface area contributed by atoms with Crippen LogP contribution in [0.15, 0.2) is 18.2 Å². The number of hydrogen-bond acceptors (Lipinski definition) is 2. The van der Waals surface area contributed by atoms with E-state index in [2.05, 4.69) is 6.92 Å². The summed E-state index contributed by atoms with van der Waals surface area (Å²) >= 11 is 0. The van der Waals surface area contributed by atoms with Crippen LogP contribution in [0.3, 0.4) is 0 Å². The maximum Gasteiger partial charge on any atom is 0.127 e. The number of benzene rings is 1. The molecule has 76 valence electrons. The van der Waals surface area contributed by atoms with Gasteiger partial charge in [-0.15, -0.1) is 0 Å². The summed E-state index contributed by atoms with van der Waals surface area (Å²) in [5, 5.41) is 0. The van der Waals surface area contributed by atoms with Crippen molar-refractivity contribution in [2.24, 2.45) is 0 Å². The second kappa shape index (κ2) is 4.80. The molecule has 2 heteroatoms. The molecule has 0 aliphatic carbocycles. The highest BCUT2D eigenvalue weighted by Gasteiger charge is 2.09. The quantitative estimate of drug-likeness (QED) is 0.685. The van der Waals surface area contributed by atoms with Gasteiger partial charge in [-0.05, 0) is 29.7 Å². The minimum atomic E-state index is -0.0316. The summed E-state index contributed by atoms with van der Waals surface area (Å²) in [7, 11) is 1.65. The number of ether oxygens (including phenoxy) is 1. The topological polar surface area (TPSA) is 26.3 Å². The smallest absolute Gasteiger partial charge is 0.127 e. The van der Waals surface area contributed by atoms with E-state index in [0.29, 0.717) is 0 Å². The molecule has 0 saturated heterocycles. The van der Waals surface area contributed by atoms with Crippen LogP contribution in [0, 0.1) is 0 Å². The van der Waals surface area contributed by atoms with Gasteiger partial charge in [0.05, 0.1) is 7.11 Å². The van der Waals surface area contributed by atoms with Crippen LogP contribution in [0.25, 0.3) is 0 Å². The van der Waals surface area contributed by atoms with E-state index in [1.165, 1.54) is 5.56 Å². The lowest BCUT2D eigenvalue weighted by Crippen LogP contribution is -2.00. The zero-order valence-electron chi connectivity index (χ0n) is 8.91. The Labute approximate surface area is 84.9 Å². The van der Waals surface area contributed by atoms with Crippen LogP contribution in [0.4, 0.5) is 0 Å². The normalized spacial score (nSPS) is 12.2. The number of hydrogen-bond donors (Lipinski definition) is 0. The van der Waals surface area contributed by atoms with Crippen molar-refractivity contribution in [1.82, 2.24) is 0 Å². The molecule has 0 bridgehead atoms. The molecule has 0 aliphatic rings. The Morgan fingerprint density at radius 3 is 2.71 bits per heavy atom. The molecule has 0 spiro atoms. The summed E-state index contributed by atoms with van der Waals surface area (Å²) < 4.78 is 5.14. The summed E-state index contributed by atoms with van der Waals surface area (Å²) in [6, 6.07) is 5.86. The van der Waals surface area contributed by atoms with Crippen molar-refractivity contribution in [1.29, 1.82) is 0 Å². The van der Waals surface area contributed by atoms with Gasteiger partial charge in [-0.1, -0.05) is 19.9 Å². The molecule has 1 aromatic carbocycles. The van der Waals surface area contributed by atoms with E-state index < -0.39 is 0 Å². The van der Waals surface area contributed by atoms with E-state index in [1.54, 1.807) is 7.11 Å². The van der Waals surface area contributed by atoms with Gasteiger partial charge in [0.1, 0.15) is 12.0 Å². The standard InChI is InChI=1S/C12H16O2/c1-4-10-7-11(14-3)5-6-12(10)9(2)8-13/h5-9H,4H2,1-3H3. The molecule has 1 aromatic rings. The molecule has 0 aliphatic heterocycles. The first-order valence-electron chi connectivity index (χ1n) is 4.85. The molecular formula is C12H16O2. The minimum absolute atomic E-state index is 0.0316. The van der Waals surface area contributed by atoms with Crippen LogP contribution in [0.1, 0.15) is 30.9 Å². The van der Waals surface area contributed by atoms with Crippen molar-refractivity contribution >= 4 is 6.29 Å². The number of aldehydes is 1. The zero-order valence-corrected chi connectivity index (χ0v) is 8.91. The summed E-state index contributed by atoms with van der Waals surface area (Å²) in [4.78, 5) is 10.7. The van der Waals surface area contributed by atoms with Gasteiger partial charge in [0, 0.05) is 5.92 Å². The van der Waals surface area contributed by atoms with Gasteiger partial charge < -0.3 is 9.53 Å². The predicted octanol–water partition coefficient (Wildman–Crippen LogP) is 2.56. The molecule has 0 radical (unpaired) electrons. The van der Waals surface area contributed by atoms with Gasteiger partial charge in [-0.25, -0.2) is 0 Å². The Bertz CT molecular complexity index is 318. The zero-order chi connectivity index (χ0) is 10.6. The fraction of sp³-hybridized carbons (Fsp3) is 0.417. The molecule has 14 heavy (non-hydrogen) atoms. The second-order valence-corrected chi connectivity index (χ2v) is 3.34. The van der Waals surface area contributed by atoms with Crippen LogP contribution < -0.4 is 4.74 Å². The van der Waals surface area contributed by atoms with E-state index in [0.717, 1.165) is 24.0 Å². The van der Waals surface area contributed by atoms with Crippen LogP contribution >= 0.6 is 0 Å². The van der Waals surface area contributed by atoms with Crippen LogP contribution in [0.5, 0.6) is 5.75 Å². The Balaban J connectivity index is 3.10. The van der Waals surface area contributed by atoms with Crippen molar-refractivity contribution in [3.63, 3.8) is 0 Å². The lowest BCUT2D eigenvalue weighted by molar-refractivity contribution is -0.108. The fourth-order valence-electron chi connectivity index (χ4n) is 1.53. The van der Waals surface area contributed by atoms with Gasteiger partial charge in [0.15, 0.2) is 0 Å². The molecule has 1 atom stereocenters. The van der Waals surface area contributed by atoms with Gasteiger partial charge in [-0.3, -0.25) is 0 Å². The second-order valence-electron chi connectivity index (χ2n) is 3.34. The van der Waals surface area contributed by atoms with E-state index in [4.69, 9.17) is 4.74 Å². The molecule has 2 nitrogen and oxygen atoms in total. The first-order valence-corrected chi connectivity index (χ1v) is 4.85. The number of carbonyl (C=O) groups is 1. The number of rotatable bonds is 4. The molecular weight excluding hydrogens is 176 g/mol. The highest BCUT2D eigenvalue weighted by Crippen LogP contribution is 2.23. The Morgan fingerprint density at radius 2 is 2.21 bits per heavy atom. The molecule has 0 fully saturated rings. The fourth-order valence-corrected chi connectivity index (χ4v) is 1.53. The van der Waals surface area contributed by atoms with Crippen LogP contribution in [-0.2, 0) is 11.2 Å². The van der Waals surface area contributed by atoms with Crippen molar-refractivity contribution in [3.8, 4) is 5.75 Å². The Morgan fingerprint density at radius 1 is 1.50 bits per heavy atom. The highest BCUT2D eigenvalue weighted by atomic mass is 16.5. The number of aryl methyl sites for hydroxylation is 1. The van der Waals surface area contributed by atoms with E-state index in [1.807, 2.05) is 25.1 Å². The predicted molar refractivity (Wildman–Crippen MR) is 56.9 cm³/mol. The summed E-state index contributed by atoms with van der Waals surface area (Å²) in [6.07, 6.45) is 1.89. The maximum atomic E-state index is 10.7. The lowest BCUT2D eigenvalue weighted by atomic mass is 9.95. The maximum absolute atomic E-state index is 10.7. The summed E-state index contributed by atoms with van der Waals surface area (Å²) in [6.45, 7) is 3.99. The molecule has 0 heterocycles. The molecule has 1 rings (SSSR count). The van der Waals surface area contributed by atoms with Crippen molar-refractivity contribution < 1.29 is 9.53 Å².